The predicted molar refractivity (Wildman–Crippen MR) is 77.1 cm³/mol. The average molecular weight is 288 g/mol. The van der Waals surface area contributed by atoms with E-state index in [-0.39, 0.29) is 11.8 Å². The van der Waals surface area contributed by atoms with Crippen molar-refractivity contribution in [3.63, 3.8) is 0 Å². The van der Waals surface area contributed by atoms with Crippen molar-refractivity contribution in [1.29, 1.82) is 0 Å². The van der Waals surface area contributed by atoms with Gasteiger partial charge in [0.2, 0.25) is 5.91 Å². The van der Waals surface area contributed by atoms with Crippen molar-refractivity contribution in [3.8, 4) is 0 Å². The maximum atomic E-state index is 11.9. The molecule has 1 aliphatic carbocycles. The molecule has 19 heavy (non-hydrogen) atoms. The van der Waals surface area contributed by atoms with E-state index in [9.17, 15) is 14.7 Å². The van der Waals surface area contributed by atoms with E-state index >= 15 is 0 Å². The molecule has 4 N–H and O–H groups in total. The van der Waals surface area contributed by atoms with Gasteiger partial charge in [0.1, 0.15) is 6.04 Å². The highest BCUT2D eigenvalue weighted by molar-refractivity contribution is 7.98. The molecule has 0 saturated heterocycles. The Bertz CT molecular complexity index is 306. The number of hydrogen-bond acceptors (Lipinski definition) is 4. The standard InChI is InChI=1S/C13H24N2O3S/c1-19-8-7-10(14)12(16)15-11(13(17)18)9-5-3-2-4-6-9/h9-11H,2-8,14H2,1H3,(H,15,16)(H,17,18)/t10-,11?/m0/s1. The summed E-state index contributed by atoms with van der Waals surface area (Å²) in [6, 6.07) is -1.40. The molecule has 1 aliphatic rings. The zero-order valence-corrected chi connectivity index (χ0v) is 12.2. The van der Waals surface area contributed by atoms with E-state index in [0.29, 0.717) is 6.42 Å². The van der Waals surface area contributed by atoms with Gasteiger partial charge in [-0.3, -0.25) is 4.79 Å². The van der Waals surface area contributed by atoms with E-state index in [0.717, 1.165) is 37.9 Å². The molecular formula is C13H24N2O3S. The Kier molecular flexibility index (Phi) is 7.23. The van der Waals surface area contributed by atoms with Crippen LogP contribution >= 0.6 is 11.8 Å². The molecule has 0 aromatic heterocycles. The molecule has 0 spiro atoms. The van der Waals surface area contributed by atoms with Gasteiger partial charge in [-0.25, -0.2) is 4.79 Å². The first-order chi connectivity index (χ1) is 9.06. The van der Waals surface area contributed by atoms with Gasteiger partial charge in [-0.15, -0.1) is 0 Å². The highest BCUT2D eigenvalue weighted by Gasteiger charge is 2.31. The normalized spacial score (nSPS) is 19.7. The molecule has 1 amide bonds. The summed E-state index contributed by atoms with van der Waals surface area (Å²) in [6.45, 7) is 0. The molecule has 1 saturated carbocycles. The van der Waals surface area contributed by atoms with Gasteiger partial charge >= 0.3 is 5.97 Å². The number of amides is 1. The van der Waals surface area contributed by atoms with E-state index in [2.05, 4.69) is 5.32 Å². The Balaban J connectivity index is 2.52. The summed E-state index contributed by atoms with van der Waals surface area (Å²) in [6.07, 6.45) is 7.51. The molecular weight excluding hydrogens is 264 g/mol. The highest BCUT2D eigenvalue weighted by Crippen LogP contribution is 2.26. The molecule has 0 aromatic carbocycles. The molecule has 1 rings (SSSR count). The minimum atomic E-state index is -0.947. The van der Waals surface area contributed by atoms with Crippen LogP contribution in [0.2, 0.25) is 0 Å². The summed E-state index contributed by atoms with van der Waals surface area (Å²) >= 11 is 1.62. The van der Waals surface area contributed by atoms with Crippen LogP contribution in [0.5, 0.6) is 0 Å². The third-order valence-corrected chi connectivity index (χ3v) is 4.30. The molecule has 110 valence electrons. The predicted octanol–water partition coefficient (Wildman–Crippen LogP) is 1.22. The Morgan fingerprint density at radius 2 is 2.00 bits per heavy atom. The highest BCUT2D eigenvalue weighted by atomic mass is 32.2. The van der Waals surface area contributed by atoms with Crippen molar-refractivity contribution in [2.24, 2.45) is 11.7 Å². The average Bonchev–Trinajstić information content (AvgIpc) is 2.42. The lowest BCUT2D eigenvalue weighted by atomic mass is 9.84. The summed E-state index contributed by atoms with van der Waals surface area (Å²) < 4.78 is 0. The fraction of sp³-hybridized carbons (Fsp3) is 0.846. The second kappa shape index (κ2) is 8.43. The van der Waals surface area contributed by atoms with Crippen LogP contribution < -0.4 is 11.1 Å². The van der Waals surface area contributed by atoms with E-state index in [4.69, 9.17) is 5.73 Å². The van der Waals surface area contributed by atoms with E-state index < -0.39 is 18.1 Å². The van der Waals surface area contributed by atoms with Gasteiger partial charge in [0.15, 0.2) is 0 Å². The number of carboxylic acids is 1. The fourth-order valence-corrected chi connectivity index (χ4v) is 2.97. The second-order valence-corrected chi connectivity index (χ2v) is 6.10. The molecule has 0 radical (unpaired) electrons. The number of aliphatic carboxylic acids is 1. The number of carboxylic acid groups (broad SMARTS) is 1. The quantitative estimate of drug-likeness (QED) is 0.655. The Morgan fingerprint density at radius 3 is 2.53 bits per heavy atom. The summed E-state index contributed by atoms with van der Waals surface area (Å²) in [5.74, 6) is -0.442. The first-order valence-corrected chi connectivity index (χ1v) is 8.23. The van der Waals surface area contributed by atoms with Crippen molar-refractivity contribution in [2.75, 3.05) is 12.0 Å². The molecule has 5 nitrogen and oxygen atoms in total. The van der Waals surface area contributed by atoms with Crippen LogP contribution in [-0.4, -0.2) is 41.1 Å². The molecule has 0 aliphatic heterocycles. The van der Waals surface area contributed by atoms with E-state index in [1.54, 1.807) is 11.8 Å². The van der Waals surface area contributed by atoms with Gasteiger partial charge < -0.3 is 16.2 Å². The molecule has 0 aromatic rings. The molecule has 0 bridgehead atoms. The van der Waals surface area contributed by atoms with Crippen molar-refractivity contribution in [1.82, 2.24) is 5.32 Å². The SMILES string of the molecule is CSCC[C@H](N)C(=O)NC(C(=O)O)C1CCCCC1. The number of nitrogens with two attached hydrogens (primary N) is 1. The van der Waals surface area contributed by atoms with Gasteiger partial charge in [-0.1, -0.05) is 19.3 Å². The van der Waals surface area contributed by atoms with Crippen LogP contribution in [0.1, 0.15) is 38.5 Å². The number of carbonyl (C=O) groups is 2. The van der Waals surface area contributed by atoms with Crippen molar-refractivity contribution >= 4 is 23.6 Å². The lowest BCUT2D eigenvalue weighted by Gasteiger charge is -2.28. The summed E-state index contributed by atoms with van der Waals surface area (Å²) in [7, 11) is 0. The minimum absolute atomic E-state index is 0.0444. The van der Waals surface area contributed by atoms with Crippen LogP contribution in [0.3, 0.4) is 0 Å². The lowest BCUT2D eigenvalue weighted by Crippen LogP contribution is -2.52. The van der Waals surface area contributed by atoms with Crippen LogP contribution in [0, 0.1) is 5.92 Å². The third-order valence-electron chi connectivity index (χ3n) is 3.65. The zero-order chi connectivity index (χ0) is 14.3. The molecule has 2 atom stereocenters. The van der Waals surface area contributed by atoms with Crippen LogP contribution in [0.15, 0.2) is 0 Å². The Hall–Kier alpha value is -0.750. The summed E-state index contributed by atoms with van der Waals surface area (Å²) in [5.41, 5.74) is 5.76. The van der Waals surface area contributed by atoms with Crippen molar-refractivity contribution in [3.05, 3.63) is 0 Å². The largest absolute Gasteiger partial charge is 0.480 e. The van der Waals surface area contributed by atoms with Gasteiger partial charge in [0.25, 0.3) is 0 Å². The van der Waals surface area contributed by atoms with Crippen molar-refractivity contribution in [2.45, 2.75) is 50.6 Å². The summed E-state index contributed by atoms with van der Waals surface area (Å²) in [4.78, 5) is 23.2. The Morgan fingerprint density at radius 1 is 1.37 bits per heavy atom. The van der Waals surface area contributed by atoms with Gasteiger partial charge in [0.05, 0.1) is 6.04 Å². The topological polar surface area (TPSA) is 92.4 Å². The van der Waals surface area contributed by atoms with Crippen LogP contribution in [-0.2, 0) is 9.59 Å². The van der Waals surface area contributed by atoms with Crippen LogP contribution in [0.4, 0.5) is 0 Å². The summed E-state index contributed by atoms with van der Waals surface area (Å²) in [5, 5.41) is 11.9. The molecule has 1 unspecified atom stereocenters. The lowest BCUT2D eigenvalue weighted by molar-refractivity contribution is -0.144. The molecule has 0 heterocycles. The van der Waals surface area contributed by atoms with Gasteiger partial charge in [-0.2, -0.15) is 11.8 Å². The van der Waals surface area contributed by atoms with E-state index in [1.165, 1.54) is 0 Å². The maximum absolute atomic E-state index is 11.9. The fourth-order valence-electron chi connectivity index (χ4n) is 2.48. The third kappa shape index (κ3) is 5.40. The Labute approximate surface area is 118 Å². The number of nitrogens with one attached hydrogen (secondary N) is 1. The second-order valence-electron chi connectivity index (χ2n) is 5.11. The van der Waals surface area contributed by atoms with E-state index in [1.807, 2.05) is 6.26 Å². The number of carbonyl (C=O) groups excluding carboxylic acids is 1. The van der Waals surface area contributed by atoms with Crippen molar-refractivity contribution < 1.29 is 14.7 Å². The van der Waals surface area contributed by atoms with Gasteiger partial charge in [-0.05, 0) is 37.2 Å². The molecule has 6 heteroatoms. The first-order valence-electron chi connectivity index (χ1n) is 6.84. The first kappa shape index (κ1) is 16.3. The number of rotatable bonds is 7. The monoisotopic (exact) mass is 288 g/mol. The molecule has 1 fully saturated rings. The minimum Gasteiger partial charge on any atom is -0.480 e. The number of thioether (sulfide) groups is 1. The van der Waals surface area contributed by atoms with Gasteiger partial charge in [0, 0.05) is 0 Å². The number of hydrogen-bond donors (Lipinski definition) is 3. The zero-order valence-electron chi connectivity index (χ0n) is 11.4. The smallest absolute Gasteiger partial charge is 0.326 e. The maximum Gasteiger partial charge on any atom is 0.326 e. The van der Waals surface area contributed by atoms with Crippen LogP contribution in [0.25, 0.3) is 0 Å².